The van der Waals surface area contributed by atoms with Gasteiger partial charge in [0, 0.05) is 0 Å². The van der Waals surface area contributed by atoms with Gasteiger partial charge >= 0.3 is 0 Å². The van der Waals surface area contributed by atoms with Gasteiger partial charge in [0.15, 0.2) is 11.5 Å². The molecule has 0 bridgehead atoms. The molecule has 1 amide bonds. The van der Waals surface area contributed by atoms with Crippen LogP contribution in [0.25, 0.3) is 0 Å². The maximum Gasteiger partial charge on any atom is 0.298 e. The summed E-state index contributed by atoms with van der Waals surface area (Å²) in [5.74, 6) is -2.71. The van der Waals surface area contributed by atoms with Crippen LogP contribution in [0.2, 0.25) is 0 Å². The van der Waals surface area contributed by atoms with Crippen molar-refractivity contribution in [2.45, 2.75) is 17.4 Å². The van der Waals surface area contributed by atoms with Crippen LogP contribution < -0.4 is 5.32 Å². The van der Waals surface area contributed by atoms with Gasteiger partial charge in [0.25, 0.3) is 16.0 Å². The molecule has 33 heavy (non-hydrogen) atoms. The minimum atomic E-state index is -4.92. The molecule has 1 saturated heterocycles. The Bertz CT molecular complexity index is 1340. The van der Waals surface area contributed by atoms with Crippen LogP contribution in [-0.4, -0.2) is 46.8 Å². The number of hydrogen-bond donors (Lipinski definition) is 4. The average Bonchev–Trinajstić information content (AvgIpc) is 2.73. The molecule has 3 rings (SSSR count). The van der Waals surface area contributed by atoms with Crippen LogP contribution in [0.3, 0.4) is 0 Å². The topological polar surface area (TPSA) is 227 Å². The summed E-state index contributed by atoms with van der Waals surface area (Å²) >= 11 is 0. The lowest BCUT2D eigenvalue weighted by atomic mass is 10.1. The van der Waals surface area contributed by atoms with Gasteiger partial charge < -0.3 is 15.5 Å². The highest BCUT2D eigenvalue weighted by Crippen LogP contribution is 2.38. The van der Waals surface area contributed by atoms with Crippen molar-refractivity contribution in [3.63, 3.8) is 0 Å². The normalized spacial score (nSPS) is 18.1. The fourth-order valence-electron chi connectivity index (χ4n) is 2.57. The maximum absolute atomic E-state index is 12.1. The van der Waals surface area contributed by atoms with Crippen molar-refractivity contribution in [3.05, 3.63) is 36.4 Å². The molecule has 1 aliphatic heterocycles. The highest BCUT2D eigenvalue weighted by atomic mass is 32.2. The Morgan fingerprint density at radius 1 is 1.03 bits per heavy atom. The number of phenolic OH excluding ortho intramolecular Hbond substituents is 2. The number of nitrogens with one attached hydrogen (secondary N) is 1. The van der Waals surface area contributed by atoms with Gasteiger partial charge in [-0.15, -0.1) is 5.11 Å². The molecule has 1 fully saturated rings. The van der Waals surface area contributed by atoms with Crippen LogP contribution in [0.15, 0.2) is 66.7 Å². The molecule has 168 valence electrons. The van der Waals surface area contributed by atoms with Gasteiger partial charge in [-0.05, 0) is 36.4 Å². The summed E-state index contributed by atoms with van der Waals surface area (Å²) < 4.78 is 32.7. The van der Waals surface area contributed by atoms with Gasteiger partial charge in [-0.25, -0.2) is 0 Å². The first kappa shape index (κ1) is 23.1. The first-order valence-electron chi connectivity index (χ1n) is 8.84. The molecule has 0 spiro atoms. The number of piperidine rings is 1. The molecular weight excluding hydrogens is 458 g/mol. The molecule has 1 atom stereocenters. The zero-order chi connectivity index (χ0) is 24.2. The van der Waals surface area contributed by atoms with E-state index in [2.05, 4.69) is 30.8 Å². The summed E-state index contributed by atoms with van der Waals surface area (Å²) in [7, 11) is -4.92. The highest BCUT2D eigenvalue weighted by Gasteiger charge is 2.33. The largest absolute Gasteiger partial charge is 0.508 e. The Morgan fingerprint density at radius 3 is 2.33 bits per heavy atom. The molecule has 0 aromatic heterocycles. The molecule has 1 unspecified atom stereocenters. The summed E-state index contributed by atoms with van der Waals surface area (Å²) in [6.45, 7) is 0. The lowest BCUT2D eigenvalue weighted by Crippen LogP contribution is -2.48. The van der Waals surface area contributed by atoms with E-state index in [4.69, 9.17) is 5.26 Å². The molecule has 1 aliphatic rings. The van der Waals surface area contributed by atoms with Crippen LogP contribution >= 0.6 is 0 Å². The van der Waals surface area contributed by atoms with E-state index in [0.717, 1.165) is 12.1 Å². The van der Waals surface area contributed by atoms with E-state index in [9.17, 15) is 32.8 Å². The first-order chi connectivity index (χ1) is 15.6. The average molecular weight is 471 g/mol. The third-order valence-corrected chi connectivity index (χ3v) is 4.94. The van der Waals surface area contributed by atoms with E-state index in [-0.39, 0.29) is 29.4 Å². The Hall–Kier alpha value is -4.55. The van der Waals surface area contributed by atoms with Crippen molar-refractivity contribution in [2.24, 2.45) is 25.4 Å². The first-order valence-corrected chi connectivity index (χ1v) is 10.3. The SMILES string of the molecule is N#CN=C1CC(=O)C(N=Nc2cc(N=Nc3ccc(O)cc3)c(O)c(S(=O)(=O)O)c2)C(=O)N1. The number of carbonyl (C=O) groups excluding carboxylic acids is 2. The Morgan fingerprint density at radius 2 is 1.73 bits per heavy atom. The summed E-state index contributed by atoms with van der Waals surface area (Å²) in [4.78, 5) is 26.5. The minimum absolute atomic E-state index is 0.0276. The van der Waals surface area contributed by atoms with E-state index in [0.29, 0.717) is 0 Å². The number of azo groups is 2. The van der Waals surface area contributed by atoms with E-state index in [1.54, 1.807) is 0 Å². The van der Waals surface area contributed by atoms with Crippen molar-refractivity contribution >= 4 is 44.7 Å². The predicted molar refractivity (Wildman–Crippen MR) is 109 cm³/mol. The number of nitrogens with zero attached hydrogens (tertiary/aromatic N) is 6. The molecule has 0 radical (unpaired) electrons. The number of hydrogen-bond acceptors (Lipinski definition) is 12. The van der Waals surface area contributed by atoms with Crippen molar-refractivity contribution in [2.75, 3.05) is 0 Å². The maximum atomic E-state index is 12.1. The van der Waals surface area contributed by atoms with Crippen LogP contribution in [-0.2, 0) is 19.7 Å². The van der Waals surface area contributed by atoms with E-state index in [1.165, 1.54) is 30.5 Å². The molecule has 0 saturated carbocycles. The molecule has 2 aromatic carbocycles. The van der Waals surface area contributed by atoms with Crippen LogP contribution in [0.1, 0.15) is 6.42 Å². The minimum Gasteiger partial charge on any atom is -0.508 e. The van der Waals surface area contributed by atoms with E-state index < -0.39 is 44.2 Å². The van der Waals surface area contributed by atoms with Crippen LogP contribution in [0.4, 0.5) is 17.1 Å². The summed E-state index contributed by atoms with van der Waals surface area (Å²) in [6.07, 6.45) is 1.07. The molecule has 0 aliphatic carbocycles. The number of aliphatic imine (C=N–C) groups is 1. The summed E-state index contributed by atoms with van der Waals surface area (Å²) in [6, 6.07) is 5.63. The van der Waals surface area contributed by atoms with E-state index in [1.807, 2.05) is 0 Å². The van der Waals surface area contributed by atoms with Crippen LogP contribution in [0.5, 0.6) is 11.5 Å². The van der Waals surface area contributed by atoms with Crippen molar-refractivity contribution in [1.29, 1.82) is 5.26 Å². The zero-order valence-electron chi connectivity index (χ0n) is 16.3. The number of amidine groups is 1. The third-order valence-electron chi connectivity index (χ3n) is 4.08. The number of carbonyl (C=O) groups is 2. The second-order valence-electron chi connectivity index (χ2n) is 6.41. The number of nitriles is 1. The van der Waals surface area contributed by atoms with E-state index >= 15 is 0 Å². The van der Waals surface area contributed by atoms with Gasteiger partial charge in [-0.1, -0.05) is 0 Å². The number of ketones is 1. The second-order valence-corrected chi connectivity index (χ2v) is 7.80. The molecule has 2 aromatic rings. The van der Waals surface area contributed by atoms with Gasteiger partial charge in [0.05, 0.1) is 17.8 Å². The number of Topliss-reactive ketones (excluding diaryl/α,β-unsaturated/α-hetero) is 1. The standard InChI is InChI=1S/C18H13N7O7S/c19-8-20-15-7-13(27)16(18(29)21-15)25-23-10-5-12(17(28)14(6-10)33(30,31)32)24-22-9-1-3-11(26)4-2-9/h1-6,16,26,28H,7H2,(H,20,21,29)(H,30,31,32). The highest BCUT2D eigenvalue weighted by molar-refractivity contribution is 7.86. The fraction of sp³-hybridized carbons (Fsp3) is 0.111. The van der Waals surface area contributed by atoms with Gasteiger partial charge in [0.2, 0.25) is 12.2 Å². The second kappa shape index (κ2) is 9.30. The lowest BCUT2D eigenvalue weighted by Gasteiger charge is -2.17. The molecule has 4 N–H and O–H groups in total. The Kier molecular flexibility index (Phi) is 6.51. The quantitative estimate of drug-likeness (QED) is 0.218. The molecular formula is C18H13N7O7S. The number of aromatic hydroxyl groups is 2. The van der Waals surface area contributed by atoms with Crippen molar-refractivity contribution in [1.82, 2.24) is 5.32 Å². The molecule has 14 nitrogen and oxygen atoms in total. The summed E-state index contributed by atoms with van der Waals surface area (Å²) in [5.41, 5.74) is -0.459. The number of phenols is 2. The molecule has 1 heterocycles. The Labute approximate surface area is 185 Å². The fourth-order valence-corrected chi connectivity index (χ4v) is 3.19. The Balaban J connectivity index is 1.97. The van der Waals surface area contributed by atoms with Gasteiger partial charge in [-0.3, -0.25) is 14.1 Å². The van der Waals surface area contributed by atoms with Crippen LogP contribution in [0, 0.1) is 11.5 Å². The lowest BCUT2D eigenvalue weighted by molar-refractivity contribution is -0.130. The zero-order valence-corrected chi connectivity index (χ0v) is 17.1. The third kappa shape index (κ3) is 5.58. The number of rotatable bonds is 5. The number of amides is 1. The molecule has 15 heteroatoms. The van der Waals surface area contributed by atoms with Crippen molar-refractivity contribution in [3.8, 4) is 17.7 Å². The van der Waals surface area contributed by atoms with Gasteiger partial charge in [0.1, 0.15) is 22.2 Å². The number of benzene rings is 2. The smallest absolute Gasteiger partial charge is 0.298 e. The van der Waals surface area contributed by atoms with Gasteiger partial charge in [-0.2, -0.15) is 34.0 Å². The monoisotopic (exact) mass is 471 g/mol. The van der Waals surface area contributed by atoms with Crippen molar-refractivity contribution < 1.29 is 32.8 Å². The summed E-state index contributed by atoms with van der Waals surface area (Å²) in [5, 5.41) is 45.0. The predicted octanol–water partition coefficient (Wildman–Crippen LogP) is 2.18.